The normalized spacial score (nSPS) is 16.3. The predicted octanol–water partition coefficient (Wildman–Crippen LogP) is 2.47. The number of rotatable bonds is 5. The second kappa shape index (κ2) is 8.56. The summed E-state index contributed by atoms with van der Waals surface area (Å²) in [6.07, 6.45) is -1.75. The highest BCUT2D eigenvalue weighted by Gasteiger charge is 2.33. The van der Waals surface area contributed by atoms with Crippen molar-refractivity contribution in [3.05, 3.63) is 41.7 Å². The third kappa shape index (κ3) is 4.97. The minimum Gasteiger partial charge on any atom is -0.493 e. The van der Waals surface area contributed by atoms with Crippen molar-refractivity contribution in [3.8, 4) is 5.75 Å². The standard InChI is InChI=1S/C19H20F3N5O3/c1-11(28)25-16-7-12(3-5-23-16)18(29)26-14-4-6-27(10-14)17-15(30-2)8-13(9-24-17)19(20,21)22/h3,5,7-9,14H,4,6,10H2,1-2H3,(H,26,29)(H,23,25,28). The van der Waals surface area contributed by atoms with Crippen LogP contribution in [-0.2, 0) is 11.0 Å². The van der Waals surface area contributed by atoms with E-state index in [1.54, 1.807) is 4.90 Å². The Morgan fingerprint density at radius 2 is 2.03 bits per heavy atom. The summed E-state index contributed by atoms with van der Waals surface area (Å²) in [5.41, 5.74) is -0.558. The molecular formula is C19H20F3N5O3. The highest BCUT2D eigenvalue weighted by Crippen LogP contribution is 2.35. The van der Waals surface area contributed by atoms with E-state index in [-0.39, 0.29) is 29.4 Å². The first-order chi connectivity index (χ1) is 14.2. The van der Waals surface area contributed by atoms with Crippen LogP contribution in [0.3, 0.4) is 0 Å². The van der Waals surface area contributed by atoms with Crippen molar-refractivity contribution in [3.63, 3.8) is 0 Å². The number of carbonyl (C=O) groups is 2. The van der Waals surface area contributed by atoms with Gasteiger partial charge in [0.15, 0.2) is 11.6 Å². The molecule has 160 valence electrons. The van der Waals surface area contributed by atoms with Crippen molar-refractivity contribution in [2.24, 2.45) is 0 Å². The van der Waals surface area contributed by atoms with Gasteiger partial charge in [-0.1, -0.05) is 0 Å². The van der Waals surface area contributed by atoms with E-state index in [0.29, 0.717) is 30.9 Å². The quantitative estimate of drug-likeness (QED) is 0.767. The van der Waals surface area contributed by atoms with Gasteiger partial charge in [0, 0.05) is 44.0 Å². The second-order valence-corrected chi connectivity index (χ2v) is 6.76. The van der Waals surface area contributed by atoms with Gasteiger partial charge >= 0.3 is 6.18 Å². The zero-order valence-electron chi connectivity index (χ0n) is 16.3. The average Bonchev–Trinajstić information content (AvgIpc) is 3.14. The number of ether oxygens (including phenoxy) is 1. The van der Waals surface area contributed by atoms with Crippen LogP contribution in [0.15, 0.2) is 30.6 Å². The van der Waals surface area contributed by atoms with E-state index >= 15 is 0 Å². The number of alkyl halides is 3. The molecule has 11 heteroatoms. The maximum absolute atomic E-state index is 12.9. The zero-order valence-corrected chi connectivity index (χ0v) is 16.3. The molecule has 0 bridgehead atoms. The lowest BCUT2D eigenvalue weighted by Gasteiger charge is -2.21. The van der Waals surface area contributed by atoms with E-state index in [0.717, 1.165) is 12.3 Å². The summed E-state index contributed by atoms with van der Waals surface area (Å²) >= 11 is 0. The molecule has 0 aliphatic carbocycles. The third-order valence-corrected chi connectivity index (χ3v) is 4.53. The highest BCUT2D eigenvalue weighted by atomic mass is 19.4. The summed E-state index contributed by atoms with van der Waals surface area (Å²) in [5.74, 6) is -0.0699. The van der Waals surface area contributed by atoms with Gasteiger partial charge in [-0.05, 0) is 24.6 Å². The minimum absolute atomic E-state index is 0.0193. The molecule has 2 N–H and O–H groups in total. The first kappa shape index (κ1) is 21.3. The Kier molecular flexibility index (Phi) is 6.09. The van der Waals surface area contributed by atoms with Crippen LogP contribution >= 0.6 is 0 Å². The summed E-state index contributed by atoms with van der Waals surface area (Å²) in [5, 5.41) is 5.39. The number of nitrogens with zero attached hydrogens (tertiary/aromatic N) is 3. The molecule has 3 heterocycles. The van der Waals surface area contributed by atoms with Gasteiger partial charge in [0.05, 0.1) is 12.7 Å². The first-order valence-corrected chi connectivity index (χ1v) is 9.08. The Labute approximate surface area is 170 Å². The van der Waals surface area contributed by atoms with Crippen molar-refractivity contribution in [2.45, 2.75) is 25.6 Å². The van der Waals surface area contributed by atoms with Gasteiger partial charge < -0.3 is 20.3 Å². The van der Waals surface area contributed by atoms with Gasteiger partial charge in [0.1, 0.15) is 5.82 Å². The molecule has 2 aromatic rings. The molecule has 2 amide bonds. The van der Waals surface area contributed by atoms with Crippen molar-refractivity contribution >= 4 is 23.5 Å². The average molecular weight is 423 g/mol. The maximum Gasteiger partial charge on any atom is 0.418 e. The topological polar surface area (TPSA) is 96.4 Å². The van der Waals surface area contributed by atoms with Crippen LogP contribution in [0.25, 0.3) is 0 Å². The molecule has 1 saturated heterocycles. The van der Waals surface area contributed by atoms with E-state index in [4.69, 9.17) is 4.74 Å². The van der Waals surface area contributed by atoms with E-state index in [1.165, 1.54) is 32.4 Å². The lowest BCUT2D eigenvalue weighted by molar-refractivity contribution is -0.137. The number of aromatic nitrogens is 2. The Balaban J connectivity index is 1.67. The monoisotopic (exact) mass is 423 g/mol. The number of anilines is 2. The lowest BCUT2D eigenvalue weighted by atomic mass is 10.2. The molecule has 1 unspecified atom stereocenters. The van der Waals surface area contributed by atoms with Crippen molar-refractivity contribution in [2.75, 3.05) is 30.4 Å². The molecule has 30 heavy (non-hydrogen) atoms. The first-order valence-electron chi connectivity index (χ1n) is 9.08. The fraction of sp³-hybridized carbons (Fsp3) is 0.368. The van der Waals surface area contributed by atoms with Crippen LogP contribution in [0.1, 0.15) is 29.3 Å². The van der Waals surface area contributed by atoms with E-state index in [9.17, 15) is 22.8 Å². The van der Waals surface area contributed by atoms with Crippen LogP contribution in [0.4, 0.5) is 24.8 Å². The molecule has 1 aliphatic heterocycles. The van der Waals surface area contributed by atoms with Gasteiger partial charge in [-0.25, -0.2) is 9.97 Å². The Hall–Kier alpha value is -3.37. The fourth-order valence-electron chi connectivity index (χ4n) is 3.14. The number of pyridine rings is 2. The highest BCUT2D eigenvalue weighted by molar-refractivity contribution is 5.96. The lowest BCUT2D eigenvalue weighted by Crippen LogP contribution is -2.37. The number of methoxy groups -OCH3 is 1. The van der Waals surface area contributed by atoms with Gasteiger partial charge in [-0.15, -0.1) is 0 Å². The van der Waals surface area contributed by atoms with Crippen LogP contribution < -0.4 is 20.3 Å². The predicted molar refractivity (Wildman–Crippen MR) is 102 cm³/mol. The Morgan fingerprint density at radius 3 is 2.70 bits per heavy atom. The SMILES string of the molecule is COc1cc(C(F)(F)F)cnc1N1CCC(NC(=O)c2ccnc(NC(C)=O)c2)C1. The molecule has 1 aliphatic rings. The van der Waals surface area contributed by atoms with Gasteiger partial charge in [-0.2, -0.15) is 13.2 Å². The molecule has 2 aromatic heterocycles. The van der Waals surface area contributed by atoms with Gasteiger partial charge in [0.2, 0.25) is 5.91 Å². The number of nitrogens with one attached hydrogen (secondary N) is 2. The number of hydrogen-bond acceptors (Lipinski definition) is 6. The molecule has 0 saturated carbocycles. The molecule has 1 atom stereocenters. The van der Waals surface area contributed by atoms with Crippen molar-refractivity contribution in [1.29, 1.82) is 0 Å². The van der Waals surface area contributed by atoms with Crippen LogP contribution in [0.5, 0.6) is 5.75 Å². The number of halogens is 3. The smallest absolute Gasteiger partial charge is 0.418 e. The van der Waals surface area contributed by atoms with Gasteiger partial charge in [0.25, 0.3) is 5.91 Å². The number of amides is 2. The summed E-state index contributed by atoms with van der Waals surface area (Å²) in [6.45, 7) is 2.20. The third-order valence-electron chi connectivity index (χ3n) is 4.53. The zero-order chi connectivity index (χ0) is 21.9. The summed E-state index contributed by atoms with van der Waals surface area (Å²) in [4.78, 5) is 33.3. The summed E-state index contributed by atoms with van der Waals surface area (Å²) < 4.78 is 43.8. The van der Waals surface area contributed by atoms with E-state index in [2.05, 4.69) is 20.6 Å². The molecular weight excluding hydrogens is 403 g/mol. The number of hydrogen-bond donors (Lipinski definition) is 2. The Morgan fingerprint density at radius 1 is 1.27 bits per heavy atom. The summed E-state index contributed by atoms with van der Waals surface area (Å²) in [7, 11) is 1.28. The molecule has 3 rings (SSSR count). The van der Waals surface area contributed by atoms with Crippen molar-refractivity contribution < 1.29 is 27.5 Å². The molecule has 0 aromatic carbocycles. The van der Waals surface area contributed by atoms with Gasteiger partial charge in [-0.3, -0.25) is 9.59 Å². The van der Waals surface area contributed by atoms with Crippen LogP contribution in [0.2, 0.25) is 0 Å². The fourth-order valence-corrected chi connectivity index (χ4v) is 3.14. The maximum atomic E-state index is 12.9. The molecule has 0 radical (unpaired) electrons. The molecule has 8 nitrogen and oxygen atoms in total. The minimum atomic E-state index is -4.51. The molecule has 1 fully saturated rings. The molecule has 0 spiro atoms. The largest absolute Gasteiger partial charge is 0.493 e. The van der Waals surface area contributed by atoms with E-state index < -0.39 is 11.7 Å². The second-order valence-electron chi connectivity index (χ2n) is 6.76. The van der Waals surface area contributed by atoms with E-state index in [1.807, 2.05) is 0 Å². The Bertz CT molecular complexity index is 951. The summed E-state index contributed by atoms with van der Waals surface area (Å²) in [6, 6.07) is 3.66. The van der Waals surface area contributed by atoms with Crippen molar-refractivity contribution in [1.82, 2.24) is 15.3 Å². The van der Waals surface area contributed by atoms with Crippen LogP contribution in [-0.4, -0.2) is 48.0 Å². The van der Waals surface area contributed by atoms with Crippen LogP contribution in [0, 0.1) is 0 Å². The number of carbonyl (C=O) groups excluding carboxylic acids is 2.